The van der Waals surface area contributed by atoms with Crippen molar-refractivity contribution in [3.05, 3.63) is 30.1 Å². The molecule has 2 rings (SSSR count). The van der Waals surface area contributed by atoms with E-state index in [9.17, 15) is 4.79 Å². The number of likely N-dealkylation sites (tertiary alicyclic amines) is 1. The molecule has 5 heteroatoms. The van der Waals surface area contributed by atoms with Gasteiger partial charge < -0.3 is 9.64 Å². The van der Waals surface area contributed by atoms with Gasteiger partial charge >= 0.3 is 6.09 Å². The summed E-state index contributed by atoms with van der Waals surface area (Å²) in [6.07, 6.45) is 5.67. The summed E-state index contributed by atoms with van der Waals surface area (Å²) in [7, 11) is 0. The maximum Gasteiger partial charge on any atom is 0.410 e. The summed E-state index contributed by atoms with van der Waals surface area (Å²) in [6, 6.07) is 4.09. The van der Waals surface area contributed by atoms with Crippen LogP contribution in [0.3, 0.4) is 0 Å². The van der Waals surface area contributed by atoms with Gasteiger partial charge in [0.1, 0.15) is 5.60 Å². The molecule has 0 N–H and O–H groups in total. The first kappa shape index (κ1) is 16.1. The first-order valence-corrected chi connectivity index (χ1v) is 8.47. The Bertz CT molecular complexity index is 459. The van der Waals surface area contributed by atoms with E-state index in [2.05, 4.69) is 4.98 Å². The first-order chi connectivity index (χ1) is 9.94. The van der Waals surface area contributed by atoms with Gasteiger partial charge in [0.2, 0.25) is 0 Å². The highest BCUT2D eigenvalue weighted by atomic mass is 32.2. The Balaban J connectivity index is 1.82. The van der Waals surface area contributed by atoms with Crippen molar-refractivity contribution in [2.24, 2.45) is 0 Å². The third kappa shape index (κ3) is 5.58. The fourth-order valence-corrected chi connectivity index (χ4v) is 3.50. The third-order valence-corrected chi connectivity index (χ3v) is 4.62. The van der Waals surface area contributed by atoms with Gasteiger partial charge in [-0.1, -0.05) is 0 Å². The van der Waals surface area contributed by atoms with Crippen molar-refractivity contribution < 1.29 is 9.53 Å². The zero-order valence-corrected chi connectivity index (χ0v) is 13.9. The number of nitrogens with zero attached hydrogens (tertiary/aromatic N) is 2. The number of pyridine rings is 1. The van der Waals surface area contributed by atoms with Crippen LogP contribution in [0, 0.1) is 0 Å². The molecule has 1 fully saturated rings. The lowest BCUT2D eigenvalue weighted by atomic mass is 10.1. The second kappa shape index (κ2) is 7.16. The minimum absolute atomic E-state index is 0.184. The zero-order chi connectivity index (χ0) is 15.3. The Labute approximate surface area is 131 Å². The molecule has 0 bridgehead atoms. The number of ether oxygens (including phenoxy) is 1. The molecule has 0 aliphatic carbocycles. The van der Waals surface area contributed by atoms with Gasteiger partial charge in [-0.3, -0.25) is 4.98 Å². The molecule has 1 aliphatic heterocycles. The number of hydrogen-bond acceptors (Lipinski definition) is 4. The van der Waals surface area contributed by atoms with Gasteiger partial charge in [-0.15, -0.1) is 0 Å². The van der Waals surface area contributed by atoms with E-state index in [1.165, 1.54) is 5.56 Å². The predicted octanol–water partition coefficient (Wildman–Crippen LogP) is 3.71. The Kier molecular flexibility index (Phi) is 5.51. The van der Waals surface area contributed by atoms with Gasteiger partial charge in [0.05, 0.1) is 0 Å². The predicted molar refractivity (Wildman–Crippen MR) is 86.4 cm³/mol. The van der Waals surface area contributed by atoms with E-state index < -0.39 is 5.60 Å². The quantitative estimate of drug-likeness (QED) is 0.853. The van der Waals surface area contributed by atoms with Crippen molar-refractivity contribution in [3.8, 4) is 0 Å². The summed E-state index contributed by atoms with van der Waals surface area (Å²) in [4.78, 5) is 18.0. The third-order valence-electron chi connectivity index (χ3n) is 3.26. The molecule has 0 unspecified atom stereocenters. The molecule has 21 heavy (non-hydrogen) atoms. The molecular weight excluding hydrogens is 284 g/mol. The van der Waals surface area contributed by atoms with Crippen LogP contribution in [0.15, 0.2) is 24.5 Å². The van der Waals surface area contributed by atoms with E-state index in [4.69, 9.17) is 4.74 Å². The van der Waals surface area contributed by atoms with Crippen LogP contribution in [0.4, 0.5) is 4.79 Å². The zero-order valence-electron chi connectivity index (χ0n) is 13.0. The number of rotatable bonds is 3. The summed E-state index contributed by atoms with van der Waals surface area (Å²) < 4.78 is 5.46. The van der Waals surface area contributed by atoms with Gasteiger partial charge in [0, 0.05) is 36.5 Å². The Hall–Kier alpha value is -1.23. The highest BCUT2D eigenvalue weighted by molar-refractivity contribution is 7.99. The van der Waals surface area contributed by atoms with Gasteiger partial charge in [-0.05, 0) is 51.3 Å². The van der Waals surface area contributed by atoms with E-state index >= 15 is 0 Å². The fourth-order valence-electron chi connectivity index (χ4n) is 2.26. The normalized spacial score (nSPS) is 19.4. The summed E-state index contributed by atoms with van der Waals surface area (Å²) in [6.45, 7) is 7.31. The largest absolute Gasteiger partial charge is 0.444 e. The summed E-state index contributed by atoms with van der Waals surface area (Å²) >= 11 is 1.91. The molecule has 116 valence electrons. The second-order valence-electron chi connectivity index (χ2n) is 6.36. The van der Waals surface area contributed by atoms with Gasteiger partial charge in [0.25, 0.3) is 0 Å². The van der Waals surface area contributed by atoms with Crippen molar-refractivity contribution in [2.45, 2.75) is 50.2 Å². The minimum atomic E-state index is -0.422. The van der Waals surface area contributed by atoms with Crippen LogP contribution in [0.5, 0.6) is 0 Å². The number of hydrogen-bond donors (Lipinski definition) is 0. The molecule has 4 nitrogen and oxygen atoms in total. The van der Waals surface area contributed by atoms with Crippen LogP contribution in [0.2, 0.25) is 0 Å². The molecule has 1 saturated heterocycles. The molecule has 1 aliphatic rings. The van der Waals surface area contributed by atoms with E-state index in [-0.39, 0.29) is 6.09 Å². The van der Waals surface area contributed by atoms with E-state index in [0.29, 0.717) is 5.25 Å². The molecule has 0 aromatic carbocycles. The van der Waals surface area contributed by atoms with Crippen LogP contribution in [-0.2, 0) is 10.5 Å². The number of carbonyl (C=O) groups is 1. The van der Waals surface area contributed by atoms with Crippen molar-refractivity contribution in [1.29, 1.82) is 0 Å². The molecular formula is C16H24N2O2S. The average molecular weight is 308 g/mol. The molecule has 0 radical (unpaired) electrons. The maximum atomic E-state index is 12.1. The summed E-state index contributed by atoms with van der Waals surface area (Å²) in [5, 5.41) is 0.486. The Morgan fingerprint density at radius 3 is 2.81 bits per heavy atom. The topological polar surface area (TPSA) is 42.4 Å². The standard InChI is InChI=1S/C16H24N2O2S/c1-16(2,3)20-15(19)18-10-4-5-14(11-18)21-12-13-6-8-17-9-7-13/h6-9,14H,4-5,10-12H2,1-3H3/t14-/m1/s1. The van der Waals surface area contributed by atoms with Gasteiger partial charge in [-0.2, -0.15) is 11.8 Å². The monoisotopic (exact) mass is 308 g/mol. The van der Waals surface area contributed by atoms with Crippen LogP contribution >= 0.6 is 11.8 Å². The van der Waals surface area contributed by atoms with Crippen molar-refractivity contribution in [3.63, 3.8) is 0 Å². The van der Waals surface area contributed by atoms with Crippen molar-refractivity contribution in [1.82, 2.24) is 9.88 Å². The van der Waals surface area contributed by atoms with Crippen LogP contribution < -0.4 is 0 Å². The lowest BCUT2D eigenvalue weighted by molar-refractivity contribution is 0.0220. The molecule has 1 atom stereocenters. The van der Waals surface area contributed by atoms with E-state index in [0.717, 1.165) is 31.7 Å². The SMILES string of the molecule is CC(C)(C)OC(=O)N1CCC[C@@H](SCc2ccncc2)C1. The van der Waals surface area contributed by atoms with Crippen LogP contribution in [-0.4, -0.2) is 39.9 Å². The number of aromatic nitrogens is 1. The molecule has 1 aromatic heterocycles. The summed E-state index contributed by atoms with van der Waals surface area (Å²) in [5.74, 6) is 0.968. The number of thioether (sulfide) groups is 1. The molecule has 1 amide bonds. The molecule has 1 aromatic rings. The number of amides is 1. The molecule has 0 saturated carbocycles. The van der Waals surface area contributed by atoms with E-state index in [1.54, 1.807) is 0 Å². The smallest absolute Gasteiger partial charge is 0.410 e. The average Bonchev–Trinajstić information content (AvgIpc) is 2.45. The number of carbonyl (C=O) groups excluding carboxylic acids is 1. The first-order valence-electron chi connectivity index (χ1n) is 7.42. The maximum absolute atomic E-state index is 12.1. The molecule has 0 spiro atoms. The van der Waals surface area contributed by atoms with Crippen molar-refractivity contribution in [2.75, 3.05) is 13.1 Å². The Morgan fingerprint density at radius 1 is 1.43 bits per heavy atom. The van der Waals surface area contributed by atoms with Crippen LogP contribution in [0.1, 0.15) is 39.2 Å². The van der Waals surface area contributed by atoms with Crippen LogP contribution in [0.25, 0.3) is 0 Å². The fraction of sp³-hybridized carbons (Fsp3) is 0.625. The highest BCUT2D eigenvalue weighted by Gasteiger charge is 2.27. The number of piperidine rings is 1. The van der Waals surface area contributed by atoms with Gasteiger partial charge in [0.15, 0.2) is 0 Å². The molecule has 2 heterocycles. The minimum Gasteiger partial charge on any atom is -0.444 e. The van der Waals surface area contributed by atoms with E-state index in [1.807, 2.05) is 62.0 Å². The summed E-state index contributed by atoms with van der Waals surface area (Å²) in [5.41, 5.74) is 0.859. The lowest BCUT2D eigenvalue weighted by Gasteiger charge is -2.33. The van der Waals surface area contributed by atoms with Gasteiger partial charge in [-0.25, -0.2) is 4.79 Å². The van der Waals surface area contributed by atoms with Crippen molar-refractivity contribution >= 4 is 17.9 Å². The Morgan fingerprint density at radius 2 is 2.14 bits per heavy atom. The lowest BCUT2D eigenvalue weighted by Crippen LogP contribution is -2.43. The second-order valence-corrected chi connectivity index (χ2v) is 7.65. The highest BCUT2D eigenvalue weighted by Crippen LogP contribution is 2.26.